The number of benzene rings is 4. The third kappa shape index (κ3) is 6.81. The molecule has 206 valence electrons. The van der Waals surface area contributed by atoms with Crippen molar-refractivity contribution < 1.29 is 49.6 Å². The van der Waals surface area contributed by atoms with Crippen molar-refractivity contribution in [2.45, 2.75) is 13.2 Å². The quantitative estimate of drug-likeness (QED) is 0.0701. The van der Waals surface area contributed by atoms with Crippen LogP contribution in [0.1, 0.15) is 31.8 Å². The van der Waals surface area contributed by atoms with Crippen LogP contribution >= 0.6 is 23.2 Å². The molecule has 4 aromatic carbocycles. The Labute approximate surface area is 236 Å². The van der Waals surface area contributed by atoms with Gasteiger partial charge in [-0.2, -0.15) is 4.89 Å². The summed E-state index contributed by atoms with van der Waals surface area (Å²) in [4.78, 5) is 38.7. The highest BCUT2D eigenvalue weighted by Crippen LogP contribution is 2.35. The average molecular weight is 587 g/mol. The zero-order valence-corrected chi connectivity index (χ0v) is 21.8. The molecule has 4 aromatic rings. The molecule has 10 nitrogen and oxygen atoms in total. The van der Waals surface area contributed by atoms with E-state index < -0.39 is 11.9 Å². The summed E-state index contributed by atoms with van der Waals surface area (Å²) in [6, 6.07) is 17.1. The Hall–Kier alpha value is -4.32. The number of phenols is 2. The number of carbonyl (C=O) groups excluding carboxylic acids is 1. The second kappa shape index (κ2) is 12.7. The van der Waals surface area contributed by atoms with Crippen LogP contribution < -0.4 is 9.62 Å². The van der Waals surface area contributed by atoms with E-state index in [2.05, 4.69) is 4.89 Å². The molecule has 0 saturated heterocycles. The van der Waals surface area contributed by atoms with Crippen molar-refractivity contribution >= 4 is 35.1 Å². The molecular weight excluding hydrogens is 567 g/mol. The first-order chi connectivity index (χ1) is 19.2. The summed E-state index contributed by atoms with van der Waals surface area (Å²) in [5.41, 5.74) is 1.71. The van der Waals surface area contributed by atoms with E-state index in [1.807, 2.05) is 0 Å². The normalized spacial score (nSPS) is 10.8. The van der Waals surface area contributed by atoms with Crippen LogP contribution in [-0.4, -0.2) is 32.5 Å². The third-order valence-electron chi connectivity index (χ3n) is 5.63. The predicted octanol–water partition coefficient (Wildman–Crippen LogP) is 6.49. The highest BCUT2D eigenvalue weighted by Gasteiger charge is 2.20. The summed E-state index contributed by atoms with van der Waals surface area (Å²) in [7, 11) is 0. The third-order valence-corrected chi connectivity index (χ3v) is 6.22. The van der Waals surface area contributed by atoms with Crippen molar-refractivity contribution in [1.82, 2.24) is 0 Å². The highest BCUT2D eigenvalue weighted by molar-refractivity contribution is 6.33. The van der Waals surface area contributed by atoms with Crippen LogP contribution in [0.15, 0.2) is 72.8 Å². The lowest BCUT2D eigenvalue weighted by atomic mass is 10.1. The van der Waals surface area contributed by atoms with E-state index in [4.69, 9.17) is 43.0 Å². The number of hydrogen-bond acceptors (Lipinski definition) is 9. The second-order valence-electron chi connectivity index (χ2n) is 8.29. The molecule has 0 aliphatic rings. The van der Waals surface area contributed by atoms with Crippen molar-refractivity contribution in [2.24, 2.45) is 0 Å². The lowest BCUT2D eigenvalue weighted by Gasteiger charge is -2.12. The largest absolute Gasteiger partial charge is 0.508 e. The van der Waals surface area contributed by atoms with Crippen LogP contribution in [0.4, 0.5) is 0 Å². The minimum atomic E-state index is -1.36. The molecule has 0 aliphatic heterocycles. The van der Waals surface area contributed by atoms with Gasteiger partial charge in [-0.25, -0.2) is 14.5 Å². The number of esters is 1. The van der Waals surface area contributed by atoms with Crippen molar-refractivity contribution in [1.29, 1.82) is 0 Å². The Morgan fingerprint density at radius 3 is 1.95 bits per heavy atom. The van der Waals surface area contributed by atoms with E-state index in [1.54, 1.807) is 30.3 Å². The van der Waals surface area contributed by atoms with E-state index >= 15 is 0 Å². The van der Waals surface area contributed by atoms with Gasteiger partial charge in [0.25, 0.3) is 0 Å². The smallest absolute Gasteiger partial charge is 0.344 e. The Balaban J connectivity index is 1.44. The Morgan fingerprint density at radius 1 is 0.700 bits per heavy atom. The number of hydrogen-bond donors (Lipinski definition) is 4. The maximum absolute atomic E-state index is 12.6. The predicted molar refractivity (Wildman–Crippen MR) is 143 cm³/mol. The van der Waals surface area contributed by atoms with Gasteiger partial charge in [0.2, 0.25) is 0 Å². The fourth-order valence-corrected chi connectivity index (χ4v) is 4.10. The maximum Gasteiger partial charge on any atom is 0.344 e. The molecule has 4 N–H and O–H groups in total. The van der Waals surface area contributed by atoms with Gasteiger partial charge in [0.15, 0.2) is 5.75 Å². The monoisotopic (exact) mass is 586 g/mol. The zero-order chi connectivity index (χ0) is 28.8. The van der Waals surface area contributed by atoms with Crippen molar-refractivity contribution in [2.75, 3.05) is 0 Å². The number of phenolic OH excluding ortho intramolecular Hbond substituents is 2. The van der Waals surface area contributed by atoms with Crippen LogP contribution in [0, 0.1) is 0 Å². The van der Waals surface area contributed by atoms with Gasteiger partial charge in [0.05, 0.1) is 21.2 Å². The molecule has 0 amide bonds. The molecule has 0 radical (unpaired) electrons. The maximum atomic E-state index is 12.6. The minimum absolute atomic E-state index is 0.00601. The average Bonchev–Trinajstić information content (AvgIpc) is 2.92. The number of rotatable bonds is 10. The van der Waals surface area contributed by atoms with Crippen molar-refractivity contribution in [3.05, 3.63) is 105 Å². The molecule has 12 heteroatoms. The molecule has 0 saturated carbocycles. The second-order valence-corrected chi connectivity index (χ2v) is 9.10. The van der Waals surface area contributed by atoms with E-state index in [0.29, 0.717) is 22.3 Å². The van der Waals surface area contributed by atoms with Gasteiger partial charge in [0.1, 0.15) is 30.5 Å². The number of carbonyl (C=O) groups is 2. The molecule has 0 fully saturated rings. The zero-order valence-electron chi connectivity index (χ0n) is 20.3. The van der Waals surface area contributed by atoms with Gasteiger partial charge in [0, 0.05) is 0 Å². The molecule has 40 heavy (non-hydrogen) atoms. The molecular formula is C28H20Cl2O10. The molecule has 0 aliphatic carbocycles. The molecule has 0 aromatic heterocycles. The van der Waals surface area contributed by atoms with E-state index in [1.165, 1.54) is 24.3 Å². The SMILES string of the molecule is O=C(O)c1ccc(O)cc1C(=O)Oc1ccc(-c2ccc(OOCc3cc(O)ccc3COO)c(Cl)c2)cc1Cl. The summed E-state index contributed by atoms with van der Waals surface area (Å²) in [5, 5.41) is 37.7. The molecule has 0 unspecified atom stereocenters. The van der Waals surface area contributed by atoms with Gasteiger partial charge in [-0.15, -0.1) is 0 Å². The number of ether oxygens (including phenoxy) is 1. The number of aromatic carboxylic acids is 1. The van der Waals surface area contributed by atoms with Crippen LogP contribution in [0.25, 0.3) is 11.1 Å². The molecule has 0 heterocycles. The van der Waals surface area contributed by atoms with E-state index in [0.717, 1.165) is 18.2 Å². The standard InChI is InChI=1S/C28H20Cl2O10/c29-23-10-15(2-7-25(23)39-28(35)22-12-20(32)5-6-21(22)27(33)34)16-3-8-26(24(30)11-16)40-38-14-18-9-19(31)4-1-17(18)13-37-36/h1-12,31-32,36H,13-14H2,(H,33,34). The Kier molecular flexibility index (Phi) is 9.10. The van der Waals surface area contributed by atoms with Gasteiger partial charge in [-0.1, -0.05) is 41.4 Å². The number of carboxylic acid groups (broad SMARTS) is 1. The topological polar surface area (TPSA) is 152 Å². The number of halogens is 2. The van der Waals surface area contributed by atoms with Gasteiger partial charge in [-0.05, 0) is 76.9 Å². The van der Waals surface area contributed by atoms with Crippen molar-refractivity contribution in [3.8, 4) is 34.1 Å². The first-order valence-electron chi connectivity index (χ1n) is 11.4. The van der Waals surface area contributed by atoms with Crippen LogP contribution in [0.2, 0.25) is 10.0 Å². The molecule has 0 atom stereocenters. The fourth-order valence-electron chi connectivity index (χ4n) is 3.67. The van der Waals surface area contributed by atoms with Crippen LogP contribution in [0.5, 0.6) is 23.0 Å². The van der Waals surface area contributed by atoms with E-state index in [9.17, 15) is 24.9 Å². The summed E-state index contributed by atoms with van der Waals surface area (Å²) in [6.07, 6.45) is 0. The summed E-state index contributed by atoms with van der Waals surface area (Å²) in [5.74, 6) is -2.47. The Bertz CT molecular complexity index is 1570. The van der Waals surface area contributed by atoms with Crippen LogP contribution in [-0.2, 0) is 23.0 Å². The first-order valence-corrected chi connectivity index (χ1v) is 12.2. The highest BCUT2D eigenvalue weighted by atomic mass is 35.5. The van der Waals surface area contributed by atoms with E-state index in [-0.39, 0.29) is 57.4 Å². The summed E-state index contributed by atoms with van der Waals surface area (Å²) >= 11 is 12.7. The molecule has 0 bridgehead atoms. The van der Waals surface area contributed by atoms with Crippen LogP contribution in [0.3, 0.4) is 0 Å². The first kappa shape index (κ1) is 28.7. The lowest BCUT2D eigenvalue weighted by molar-refractivity contribution is -0.253. The number of carboxylic acids is 1. The van der Waals surface area contributed by atoms with Crippen molar-refractivity contribution in [3.63, 3.8) is 0 Å². The lowest BCUT2D eigenvalue weighted by Crippen LogP contribution is -2.14. The fraction of sp³-hybridized carbons (Fsp3) is 0.0714. The van der Waals surface area contributed by atoms with Gasteiger partial charge >= 0.3 is 11.9 Å². The summed E-state index contributed by atoms with van der Waals surface area (Å²) in [6.45, 7) is -0.175. The summed E-state index contributed by atoms with van der Waals surface area (Å²) < 4.78 is 5.28. The number of aromatic hydroxyl groups is 2. The van der Waals surface area contributed by atoms with Gasteiger partial charge in [-0.3, -0.25) is 5.26 Å². The Morgan fingerprint density at radius 2 is 1.32 bits per heavy atom. The van der Waals surface area contributed by atoms with Gasteiger partial charge < -0.3 is 24.9 Å². The minimum Gasteiger partial charge on any atom is -0.508 e. The molecule has 4 rings (SSSR count). The molecule has 0 spiro atoms.